The predicted octanol–water partition coefficient (Wildman–Crippen LogP) is 6.09. The molecule has 0 unspecified atom stereocenters. The van der Waals surface area contributed by atoms with Gasteiger partial charge in [-0.1, -0.05) is 72.8 Å². The number of carbonyl (C=O) groups excluding carboxylic acids is 2. The molecule has 0 fully saturated rings. The Morgan fingerprint density at radius 1 is 0.619 bits per heavy atom. The van der Waals surface area contributed by atoms with E-state index >= 15 is 0 Å². The van der Waals surface area contributed by atoms with E-state index in [1.807, 2.05) is 114 Å². The van der Waals surface area contributed by atoms with Gasteiger partial charge in [-0.3, -0.25) is 9.59 Å². The van der Waals surface area contributed by atoms with Crippen LogP contribution in [-0.2, 0) is 9.59 Å². The van der Waals surface area contributed by atoms with Gasteiger partial charge in [0.15, 0.2) is 13.2 Å². The van der Waals surface area contributed by atoms with E-state index in [1.54, 1.807) is 12.4 Å². The lowest BCUT2D eigenvalue weighted by molar-refractivity contribution is -0.123. The number of ether oxygens (including phenoxy) is 2. The molecule has 0 saturated carbocycles. The molecule has 0 bridgehead atoms. The summed E-state index contributed by atoms with van der Waals surface area (Å²) in [5, 5.41) is 8.04. The van der Waals surface area contributed by atoms with E-state index in [0.717, 1.165) is 56.0 Å². The number of rotatable bonds is 12. The summed E-state index contributed by atoms with van der Waals surface area (Å²) in [5.74, 6) is 0.772. The second kappa shape index (κ2) is 15.7. The van der Waals surface area contributed by atoms with Gasteiger partial charge in [-0.05, 0) is 86.1 Å². The number of hydrazone groups is 2. The second-order valence-corrected chi connectivity index (χ2v) is 10.0. The van der Waals surface area contributed by atoms with Crippen molar-refractivity contribution in [2.24, 2.45) is 10.2 Å². The van der Waals surface area contributed by atoms with Crippen LogP contribution in [0.5, 0.6) is 11.5 Å². The zero-order valence-electron chi connectivity index (χ0n) is 25.0. The van der Waals surface area contributed by atoms with Crippen LogP contribution in [0, 0.1) is 27.7 Å². The highest BCUT2D eigenvalue weighted by Crippen LogP contribution is 2.23. The number of hydrogen-bond acceptors (Lipinski definition) is 6. The molecule has 0 radical (unpaired) electrons. The summed E-state index contributed by atoms with van der Waals surface area (Å²) in [6, 6.07) is 19.6. The fraction of sp³-hybridized carbons (Fsp3) is 0.235. The molecule has 0 spiro atoms. The molecular formula is C34H38N4O4. The molecule has 3 rings (SSSR count). The van der Waals surface area contributed by atoms with Crippen LogP contribution in [0.4, 0.5) is 0 Å². The summed E-state index contributed by atoms with van der Waals surface area (Å²) in [7, 11) is 0. The maximum absolute atomic E-state index is 12.1. The van der Waals surface area contributed by atoms with Crippen molar-refractivity contribution >= 4 is 36.4 Å². The molecule has 3 aromatic rings. The highest BCUT2D eigenvalue weighted by Gasteiger charge is 2.07. The van der Waals surface area contributed by atoms with E-state index in [9.17, 15) is 9.59 Å². The molecule has 0 aliphatic carbocycles. The highest BCUT2D eigenvalue weighted by molar-refractivity contribution is 5.87. The SMILES string of the molecule is CC(/C=N/NC(=O)COc1c(C)cccc1C)=C\c1ccc(/C=C(C)/C=N/NC(=O)COc2c(C)cccc2C)cc1. The number of nitrogens with one attached hydrogen (secondary N) is 2. The van der Waals surface area contributed by atoms with E-state index in [2.05, 4.69) is 21.1 Å². The Hall–Kier alpha value is -4.98. The number of carbonyl (C=O) groups is 2. The van der Waals surface area contributed by atoms with Crippen molar-refractivity contribution in [1.29, 1.82) is 0 Å². The van der Waals surface area contributed by atoms with Crippen LogP contribution < -0.4 is 20.3 Å². The Bertz CT molecular complexity index is 1360. The quantitative estimate of drug-likeness (QED) is 0.205. The lowest BCUT2D eigenvalue weighted by atomic mass is 10.1. The lowest BCUT2D eigenvalue weighted by Crippen LogP contribution is -2.25. The fourth-order valence-corrected chi connectivity index (χ4v) is 4.09. The molecule has 0 heterocycles. The van der Waals surface area contributed by atoms with Gasteiger partial charge in [-0.15, -0.1) is 0 Å². The largest absolute Gasteiger partial charge is 0.483 e. The van der Waals surface area contributed by atoms with Gasteiger partial charge in [0.25, 0.3) is 11.8 Å². The van der Waals surface area contributed by atoms with Crippen molar-refractivity contribution in [1.82, 2.24) is 10.9 Å². The molecule has 0 aliphatic heterocycles. The summed E-state index contributed by atoms with van der Waals surface area (Å²) < 4.78 is 11.3. The van der Waals surface area contributed by atoms with Crippen LogP contribution in [0.2, 0.25) is 0 Å². The van der Waals surface area contributed by atoms with Crippen molar-refractivity contribution in [3.05, 3.63) is 105 Å². The van der Waals surface area contributed by atoms with Crippen LogP contribution in [0.15, 0.2) is 82.0 Å². The van der Waals surface area contributed by atoms with Gasteiger partial charge in [-0.2, -0.15) is 10.2 Å². The van der Waals surface area contributed by atoms with Crippen molar-refractivity contribution in [3.63, 3.8) is 0 Å². The first-order valence-corrected chi connectivity index (χ1v) is 13.6. The minimum atomic E-state index is -0.331. The molecule has 0 aliphatic rings. The van der Waals surface area contributed by atoms with Crippen LogP contribution in [0.25, 0.3) is 12.2 Å². The Morgan fingerprint density at radius 3 is 1.29 bits per heavy atom. The minimum absolute atomic E-state index is 0.112. The number of allylic oxidation sites excluding steroid dienone is 2. The molecule has 0 atom stereocenters. The van der Waals surface area contributed by atoms with Crippen molar-refractivity contribution in [2.75, 3.05) is 13.2 Å². The molecule has 2 amide bonds. The molecule has 3 aromatic carbocycles. The zero-order valence-corrected chi connectivity index (χ0v) is 25.0. The fourth-order valence-electron chi connectivity index (χ4n) is 4.09. The second-order valence-electron chi connectivity index (χ2n) is 10.0. The van der Waals surface area contributed by atoms with Crippen LogP contribution >= 0.6 is 0 Å². The van der Waals surface area contributed by atoms with Gasteiger partial charge in [0.05, 0.1) is 12.4 Å². The smallest absolute Gasteiger partial charge is 0.277 e. The topological polar surface area (TPSA) is 101 Å². The third-order valence-electron chi connectivity index (χ3n) is 6.15. The summed E-state index contributed by atoms with van der Waals surface area (Å²) >= 11 is 0. The first kappa shape index (κ1) is 31.5. The molecule has 0 aromatic heterocycles. The third kappa shape index (κ3) is 10.2. The van der Waals surface area contributed by atoms with Gasteiger partial charge in [-0.25, -0.2) is 10.9 Å². The van der Waals surface area contributed by atoms with Crippen molar-refractivity contribution in [2.45, 2.75) is 41.5 Å². The van der Waals surface area contributed by atoms with Gasteiger partial charge in [0.2, 0.25) is 0 Å². The first-order valence-electron chi connectivity index (χ1n) is 13.6. The standard InChI is InChI=1S/C34H38N4O4/c1-23(19-35-37-31(39)21-41-33-25(3)9-7-10-26(33)4)17-29-13-15-30(16-14-29)18-24(2)20-36-38-32(40)22-42-34-27(5)11-8-12-28(34)6/h7-20H,21-22H2,1-6H3,(H,37,39)(H,38,40)/b23-17+,24-18+,35-19+,36-20+. The van der Waals surface area contributed by atoms with E-state index in [-0.39, 0.29) is 25.0 Å². The molecular weight excluding hydrogens is 528 g/mol. The molecule has 42 heavy (non-hydrogen) atoms. The van der Waals surface area contributed by atoms with E-state index in [4.69, 9.17) is 9.47 Å². The number of benzene rings is 3. The molecule has 8 heteroatoms. The summed E-state index contributed by atoms with van der Waals surface area (Å²) in [6.45, 7) is 11.4. The molecule has 0 saturated heterocycles. The average Bonchev–Trinajstić information content (AvgIpc) is 2.93. The van der Waals surface area contributed by atoms with Crippen molar-refractivity contribution in [3.8, 4) is 11.5 Å². The minimum Gasteiger partial charge on any atom is -0.483 e. The maximum Gasteiger partial charge on any atom is 0.277 e. The van der Waals surface area contributed by atoms with Gasteiger partial charge < -0.3 is 9.47 Å². The average molecular weight is 567 g/mol. The number of hydrogen-bond donors (Lipinski definition) is 2. The van der Waals surface area contributed by atoms with E-state index in [0.29, 0.717) is 0 Å². The third-order valence-corrected chi connectivity index (χ3v) is 6.15. The highest BCUT2D eigenvalue weighted by atomic mass is 16.5. The number of aryl methyl sites for hydroxylation is 4. The monoisotopic (exact) mass is 566 g/mol. The summed E-state index contributed by atoms with van der Waals surface area (Å²) in [5.41, 5.74) is 12.6. The van der Waals surface area contributed by atoms with E-state index in [1.165, 1.54) is 0 Å². The normalized spacial score (nSPS) is 12.0. The van der Waals surface area contributed by atoms with Gasteiger partial charge in [0.1, 0.15) is 11.5 Å². The zero-order chi connectivity index (χ0) is 30.5. The first-order chi connectivity index (χ1) is 20.1. The molecule has 2 N–H and O–H groups in total. The Balaban J connectivity index is 1.44. The lowest BCUT2D eigenvalue weighted by Gasteiger charge is -2.10. The Morgan fingerprint density at radius 2 is 0.952 bits per heavy atom. The van der Waals surface area contributed by atoms with Crippen LogP contribution in [0.1, 0.15) is 47.2 Å². The maximum atomic E-state index is 12.1. The summed E-state index contributed by atoms with van der Waals surface area (Å²) in [6.07, 6.45) is 7.10. The van der Waals surface area contributed by atoms with Gasteiger partial charge >= 0.3 is 0 Å². The predicted molar refractivity (Wildman–Crippen MR) is 170 cm³/mol. The van der Waals surface area contributed by atoms with E-state index < -0.39 is 0 Å². The Labute approximate surface area is 247 Å². The summed E-state index contributed by atoms with van der Waals surface area (Å²) in [4.78, 5) is 24.2. The molecule has 8 nitrogen and oxygen atoms in total. The van der Waals surface area contributed by atoms with Crippen LogP contribution in [-0.4, -0.2) is 37.5 Å². The Kier molecular flexibility index (Phi) is 11.8. The molecule has 218 valence electrons. The van der Waals surface area contributed by atoms with Gasteiger partial charge in [0, 0.05) is 0 Å². The number of para-hydroxylation sites is 2. The number of amides is 2. The number of nitrogens with zero attached hydrogens (tertiary/aromatic N) is 2. The van der Waals surface area contributed by atoms with Crippen LogP contribution in [0.3, 0.4) is 0 Å². The van der Waals surface area contributed by atoms with Crippen molar-refractivity contribution < 1.29 is 19.1 Å².